The van der Waals surface area contributed by atoms with Gasteiger partial charge in [-0.2, -0.15) is 0 Å². The molecular weight excluding hydrogens is 388 g/mol. The van der Waals surface area contributed by atoms with Gasteiger partial charge in [0, 0.05) is 30.0 Å². The Kier molecular flexibility index (Phi) is 6.23. The molecule has 0 atom stereocenters. The van der Waals surface area contributed by atoms with E-state index in [9.17, 15) is 5.11 Å². The minimum atomic E-state index is -0.552. The Hall–Kier alpha value is -1.89. The zero-order valence-corrected chi connectivity index (χ0v) is 17.7. The molecule has 0 radical (unpaired) electrons. The molecule has 3 heterocycles. The van der Waals surface area contributed by atoms with E-state index in [0.29, 0.717) is 17.8 Å². The maximum absolute atomic E-state index is 10.2. The fourth-order valence-electron chi connectivity index (χ4n) is 3.88. The van der Waals surface area contributed by atoms with Gasteiger partial charge in [0.05, 0.1) is 17.5 Å². The van der Waals surface area contributed by atoms with Crippen molar-refractivity contribution in [1.29, 1.82) is 0 Å². The van der Waals surface area contributed by atoms with Crippen molar-refractivity contribution in [3.63, 3.8) is 0 Å². The number of halogens is 1. The van der Waals surface area contributed by atoms with Crippen LogP contribution in [-0.2, 0) is 0 Å². The number of hydrogen-bond acceptors (Lipinski definition) is 6. The zero-order chi connectivity index (χ0) is 20.3. The monoisotopic (exact) mass is 416 g/mol. The van der Waals surface area contributed by atoms with Gasteiger partial charge in [-0.15, -0.1) is 0 Å². The number of aromatic nitrogens is 2. The number of rotatable bonds is 7. The fourth-order valence-corrected chi connectivity index (χ4v) is 4.04. The predicted molar refractivity (Wildman–Crippen MR) is 116 cm³/mol. The third kappa shape index (κ3) is 5.38. The molecule has 2 aromatic rings. The van der Waals surface area contributed by atoms with Crippen LogP contribution in [0.2, 0.25) is 5.15 Å². The zero-order valence-electron chi connectivity index (χ0n) is 16.9. The summed E-state index contributed by atoms with van der Waals surface area (Å²) in [5.41, 5.74) is 2.12. The third-order valence-corrected chi connectivity index (χ3v) is 6.14. The summed E-state index contributed by atoms with van der Waals surface area (Å²) in [4.78, 5) is 11.2. The quantitative estimate of drug-likeness (QED) is 0.665. The minimum Gasteiger partial charge on any atom is -0.491 e. The maximum atomic E-state index is 10.2. The number of nitrogens with one attached hydrogen (secondary N) is 1. The highest BCUT2D eigenvalue weighted by molar-refractivity contribution is 6.29. The van der Waals surface area contributed by atoms with Gasteiger partial charge in [-0.1, -0.05) is 11.6 Å². The first kappa shape index (κ1) is 20.4. The molecule has 1 aliphatic heterocycles. The number of pyridine rings is 2. The van der Waals surface area contributed by atoms with Crippen molar-refractivity contribution in [2.45, 2.75) is 50.7 Å². The molecule has 0 amide bonds. The van der Waals surface area contributed by atoms with E-state index in [1.807, 2.05) is 25.1 Å². The van der Waals surface area contributed by atoms with Crippen LogP contribution in [0, 0.1) is 0 Å². The Labute approximate surface area is 177 Å². The lowest BCUT2D eigenvalue weighted by Gasteiger charge is -2.34. The first-order valence-corrected chi connectivity index (χ1v) is 10.8. The second-order valence-electron chi connectivity index (χ2n) is 8.39. The van der Waals surface area contributed by atoms with Crippen LogP contribution >= 0.6 is 11.6 Å². The van der Waals surface area contributed by atoms with Crippen LogP contribution in [0.4, 0.5) is 5.69 Å². The van der Waals surface area contributed by atoms with Gasteiger partial charge in [0.25, 0.3) is 0 Å². The normalized spacial score (nSPS) is 24.7. The Morgan fingerprint density at radius 2 is 2.03 bits per heavy atom. The molecule has 1 saturated carbocycles. The van der Waals surface area contributed by atoms with E-state index < -0.39 is 5.60 Å². The summed E-state index contributed by atoms with van der Waals surface area (Å²) < 4.78 is 5.81. The van der Waals surface area contributed by atoms with Gasteiger partial charge in [0.15, 0.2) is 0 Å². The number of ether oxygens (including phenoxy) is 1. The average molecular weight is 417 g/mol. The highest BCUT2D eigenvalue weighted by atomic mass is 35.5. The predicted octanol–water partition coefficient (Wildman–Crippen LogP) is 3.99. The lowest BCUT2D eigenvalue weighted by atomic mass is 9.83. The van der Waals surface area contributed by atoms with Gasteiger partial charge >= 0.3 is 0 Å². The molecule has 6 nitrogen and oxygen atoms in total. The molecule has 1 saturated heterocycles. The molecule has 2 fully saturated rings. The molecule has 0 spiro atoms. The van der Waals surface area contributed by atoms with Crippen LogP contribution in [0.25, 0.3) is 11.3 Å². The lowest BCUT2D eigenvalue weighted by molar-refractivity contribution is 0.0196. The number of nitrogens with zero attached hydrogens (tertiary/aromatic N) is 3. The van der Waals surface area contributed by atoms with Crippen molar-refractivity contribution in [3.8, 4) is 17.0 Å². The van der Waals surface area contributed by atoms with Gasteiger partial charge in [0.1, 0.15) is 17.5 Å². The van der Waals surface area contributed by atoms with Crippen LogP contribution in [0.1, 0.15) is 39.0 Å². The Morgan fingerprint density at radius 3 is 2.69 bits per heavy atom. The van der Waals surface area contributed by atoms with Crippen molar-refractivity contribution in [1.82, 2.24) is 14.9 Å². The topological polar surface area (TPSA) is 70.5 Å². The van der Waals surface area contributed by atoms with E-state index in [0.717, 1.165) is 54.9 Å². The summed E-state index contributed by atoms with van der Waals surface area (Å²) in [6.07, 6.45) is 8.24. The largest absolute Gasteiger partial charge is 0.491 e. The molecule has 2 aromatic heterocycles. The maximum Gasteiger partial charge on any atom is 0.137 e. The Balaban J connectivity index is 1.42. The summed E-state index contributed by atoms with van der Waals surface area (Å²) in [5, 5.41) is 14.2. The van der Waals surface area contributed by atoms with E-state index in [2.05, 4.69) is 20.2 Å². The summed E-state index contributed by atoms with van der Waals surface area (Å²) >= 11 is 6.16. The number of hydrogen-bond donors (Lipinski definition) is 2. The lowest BCUT2D eigenvalue weighted by Crippen LogP contribution is -2.39. The highest BCUT2D eigenvalue weighted by Crippen LogP contribution is 2.33. The molecule has 29 heavy (non-hydrogen) atoms. The van der Waals surface area contributed by atoms with Crippen LogP contribution in [0.5, 0.6) is 5.75 Å². The standard InChI is InChI=1S/C22H29ClN4O2/c1-22(28)7-5-16(6-8-22)26-20-13-21(23)25-15-18(20)19-4-3-17(14-24-19)29-12-11-27-9-2-10-27/h3-4,13-16,28H,2,5-12H2,1H3,(H,25,26). The molecule has 0 aromatic carbocycles. The molecule has 1 aliphatic carbocycles. The van der Waals surface area contributed by atoms with E-state index in [1.165, 1.54) is 19.5 Å². The van der Waals surface area contributed by atoms with Gasteiger partial charge in [0.2, 0.25) is 0 Å². The Morgan fingerprint density at radius 1 is 1.24 bits per heavy atom. The van der Waals surface area contributed by atoms with Crippen LogP contribution in [0.15, 0.2) is 30.6 Å². The van der Waals surface area contributed by atoms with E-state index in [4.69, 9.17) is 16.3 Å². The molecule has 156 valence electrons. The first-order valence-electron chi connectivity index (χ1n) is 10.4. The molecule has 0 bridgehead atoms. The molecule has 2 N–H and O–H groups in total. The fraction of sp³-hybridized carbons (Fsp3) is 0.545. The van der Waals surface area contributed by atoms with Gasteiger partial charge < -0.3 is 15.2 Å². The van der Waals surface area contributed by atoms with Crippen molar-refractivity contribution >= 4 is 17.3 Å². The minimum absolute atomic E-state index is 0.302. The SMILES string of the molecule is CC1(O)CCC(Nc2cc(Cl)ncc2-c2ccc(OCCN3CCC3)cn2)CC1. The van der Waals surface area contributed by atoms with Gasteiger partial charge in [-0.05, 0) is 70.3 Å². The summed E-state index contributed by atoms with van der Waals surface area (Å²) in [5.74, 6) is 0.778. The van der Waals surface area contributed by atoms with Gasteiger partial charge in [-0.25, -0.2) is 4.98 Å². The third-order valence-electron chi connectivity index (χ3n) is 5.93. The van der Waals surface area contributed by atoms with Crippen LogP contribution in [0.3, 0.4) is 0 Å². The molecule has 0 unspecified atom stereocenters. The van der Waals surface area contributed by atoms with Crippen LogP contribution in [-0.4, -0.2) is 57.9 Å². The summed E-state index contributed by atoms with van der Waals surface area (Å²) in [6, 6.07) is 6.06. The van der Waals surface area contributed by atoms with E-state index >= 15 is 0 Å². The van der Waals surface area contributed by atoms with E-state index in [-0.39, 0.29) is 0 Å². The van der Waals surface area contributed by atoms with Crippen molar-refractivity contribution in [2.24, 2.45) is 0 Å². The van der Waals surface area contributed by atoms with Crippen molar-refractivity contribution < 1.29 is 9.84 Å². The second kappa shape index (κ2) is 8.86. The average Bonchev–Trinajstić information content (AvgIpc) is 2.66. The smallest absolute Gasteiger partial charge is 0.137 e. The van der Waals surface area contributed by atoms with E-state index in [1.54, 1.807) is 12.4 Å². The molecular formula is C22H29ClN4O2. The summed E-state index contributed by atoms with van der Waals surface area (Å²) in [6.45, 7) is 5.92. The number of aliphatic hydroxyl groups is 1. The highest BCUT2D eigenvalue weighted by Gasteiger charge is 2.29. The second-order valence-corrected chi connectivity index (χ2v) is 8.78. The molecule has 2 aliphatic rings. The first-order chi connectivity index (χ1) is 14.0. The molecule has 7 heteroatoms. The summed E-state index contributed by atoms with van der Waals surface area (Å²) in [7, 11) is 0. The Bertz CT molecular complexity index is 814. The number of likely N-dealkylation sites (tertiary alicyclic amines) is 1. The van der Waals surface area contributed by atoms with Crippen molar-refractivity contribution in [3.05, 3.63) is 35.7 Å². The van der Waals surface area contributed by atoms with Gasteiger partial charge in [-0.3, -0.25) is 9.88 Å². The molecule has 4 rings (SSSR count). The van der Waals surface area contributed by atoms with Crippen LogP contribution < -0.4 is 10.1 Å². The van der Waals surface area contributed by atoms with Crippen molar-refractivity contribution in [2.75, 3.05) is 31.6 Å². The number of anilines is 1.